The second kappa shape index (κ2) is 8.98. The van der Waals surface area contributed by atoms with E-state index >= 15 is 0 Å². The summed E-state index contributed by atoms with van der Waals surface area (Å²) in [5, 5.41) is 2.41. The summed E-state index contributed by atoms with van der Waals surface area (Å²) in [6, 6.07) is 4.17. The number of pyridine rings is 1. The van der Waals surface area contributed by atoms with Crippen LogP contribution in [0.15, 0.2) is 37.2 Å². The number of carbonyl (C=O) groups excluding carboxylic acids is 2. The second-order valence-electron chi connectivity index (χ2n) is 6.58. The van der Waals surface area contributed by atoms with E-state index in [1.807, 2.05) is 0 Å². The Hall–Kier alpha value is -3.05. The normalized spacial score (nSPS) is 19.1. The predicted octanol–water partition coefficient (Wildman–Crippen LogP) is 2.57. The highest BCUT2D eigenvalue weighted by Gasteiger charge is 2.46. The molecular formula is C19H17ClF3N5O3. The Morgan fingerprint density at radius 3 is 2.65 bits per heavy atom. The lowest BCUT2D eigenvalue weighted by molar-refractivity contribution is -0.253. The van der Waals surface area contributed by atoms with E-state index in [0.717, 1.165) is 17.3 Å². The highest BCUT2D eigenvalue weighted by Crippen LogP contribution is 2.35. The average Bonchev–Trinajstić information content (AvgIpc) is 2.76. The summed E-state index contributed by atoms with van der Waals surface area (Å²) in [4.78, 5) is 36.9. The number of halogens is 4. The largest absolute Gasteiger partial charge is 0.416 e. The van der Waals surface area contributed by atoms with Crippen LogP contribution < -0.4 is 5.32 Å². The molecule has 164 valence electrons. The van der Waals surface area contributed by atoms with Gasteiger partial charge in [0.15, 0.2) is 6.10 Å². The number of nitrogens with one attached hydrogen (secondary N) is 1. The van der Waals surface area contributed by atoms with E-state index in [1.54, 1.807) is 0 Å². The number of rotatable bonds is 4. The van der Waals surface area contributed by atoms with Crippen LogP contribution in [0.1, 0.15) is 22.2 Å². The maximum atomic E-state index is 13.4. The van der Waals surface area contributed by atoms with Crippen LogP contribution in [0, 0.1) is 0 Å². The molecule has 0 aromatic carbocycles. The van der Waals surface area contributed by atoms with Crippen LogP contribution in [0.25, 0.3) is 11.4 Å². The van der Waals surface area contributed by atoms with Gasteiger partial charge >= 0.3 is 6.18 Å². The first-order valence-electron chi connectivity index (χ1n) is 8.98. The van der Waals surface area contributed by atoms with Crippen LogP contribution >= 0.6 is 11.6 Å². The van der Waals surface area contributed by atoms with Gasteiger partial charge in [0.2, 0.25) is 5.91 Å². The molecule has 31 heavy (non-hydrogen) atoms. The molecule has 12 heteroatoms. The molecule has 0 spiro atoms. The van der Waals surface area contributed by atoms with Crippen molar-refractivity contribution in [3.63, 3.8) is 0 Å². The third kappa shape index (κ3) is 5.17. The summed E-state index contributed by atoms with van der Waals surface area (Å²) in [7, 11) is 1.44. The summed E-state index contributed by atoms with van der Waals surface area (Å²) in [5.41, 5.74) is 0.782. The minimum atomic E-state index is -4.67. The molecule has 3 heterocycles. The second-order valence-corrected chi connectivity index (χ2v) is 6.97. The van der Waals surface area contributed by atoms with E-state index in [2.05, 4.69) is 26.8 Å². The van der Waals surface area contributed by atoms with E-state index in [0.29, 0.717) is 0 Å². The number of morpholine rings is 1. The third-order valence-corrected chi connectivity index (χ3v) is 4.72. The van der Waals surface area contributed by atoms with Crippen molar-refractivity contribution in [2.75, 3.05) is 20.1 Å². The highest BCUT2D eigenvalue weighted by molar-refractivity contribution is 6.29. The molecule has 1 aliphatic heterocycles. The van der Waals surface area contributed by atoms with Gasteiger partial charge in [0.1, 0.15) is 23.3 Å². The summed E-state index contributed by atoms with van der Waals surface area (Å²) in [6.07, 6.45) is -5.87. The Morgan fingerprint density at radius 2 is 2.00 bits per heavy atom. The van der Waals surface area contributed by atoms with Gasteiger partial charge in [0, 0.05) is 7.05 Å². The molecule has 1 aliphatic rings. The maximum Gasteiger partial charge on any atom is 0.416 e. The lowest BCUT2D eigenvalue weighted by Crippen LogP contribution is -2.51. The van der Waals surface area contributed by atoms with Crippen LogP contribution in [0.4, 0.5) is 13.2 Å². The van der Waals surface area contributed by atoms with Crippen LogP contribution in [0.2, 0.25) is 5.15 Å². The van der Waals surface area contributed by atoms with Gasteiger partial charge in [-0.2, -0.15) is 13.2 Å². The Balaban J connectivity index is 1.99. The molecule has 0 bridgehead atoms. The first-order chi connectivity index (χ1) is 14.6. The average molecular weight is 456 g/mol. The molecule has 2 atom stereocenters. The minimum absolute atomic E-state index is 0.0214. The predicted molar refractivity (Wildman–Crippen MR) is 104 cm³/mol. The van der Waals surface area contributed by atoms with Crippen molar-refractivity contribution in [3.8, 4) is 11.4 Å². The van der Waals surface area contributed by atoms with Gasteiger partial charge in [-0.15, -0.1) is 0 Å². The van der Waals surface area contributed by atoms with Crippen molar-refractivity contribution in [1.82, 2.24) is 25.2 Å². The number of amides is 2. The molecule has 3 rings (SSSR count). The zero-order chi connectivity index (χ0) is 22.8. The molecule has 0 saturated carbocycles. The number of ether oxygens (including phenoxy) is 1. The maximum absolute atomic E-state index is 13.4. The van der Waals surface area contributed by atoms with Crippen LogP contribution in [0.3, 0.4) is 0 Å². The summed E-state index contributed by atoms with van der Waals surface area (Å²) >= 11 is 6.09. The third-order valence-electron chi connectivity index (χ3n) is 4.53. The van der Waals surface area contributed by atoms with Crippen molar-refractivity contribution in [2.45, 2.75) is 18.4 Å². The fraction of sp³-hybridized carbons (Fsp3) is 0.316. The lowest BCUT2D eigenvalue weighted by Gasteiger charge is -2.38. The fourth-order valence-electron chi connectivity index (χ4n) is 3.02. The fourth-order valence-corrected chi connectivity index (χ4v) is 3.23. The first-order valence-corrected chi connectivity index (χ1v) is 9.35. The summed E-state index contributed by atoms with van der Waals surface area (Å²) in [5.74, 6) is -1.10. The van der Waals surface area contributed by atoms with E-state index in [9.17, 15) is 22.8 Å². The number of hydrogen-bond donors (Lipinski definition) is 1. The minimum Gasteiger partial charge on any atom is -0.357 e. The van der Waals surface area contributed by atoms with E-state index < -0.39 is 36.7 Å². The molecule has 0 aliphatic carbocycles. The molecule has 0 radical (unpaired) electrons. The number of alkyl halides is 3. The van der Waals surface area contributed by atoms with E-state index in [4.69, 9.17) is 16.3 Å². The Morgan fingerprint density at radius 1 is 1.26 bits per heavy atom. The zero-order valence-corrected chi connectivity index (χ0v) is 16.9. The SMILES string of the molecule is C=CC(=O)N1CC(c2cc(Cl)nc(-c3cc(C(=O)NC)ncn3)c2)OC(C(F)(F)F)C1. The highest BCUT2D eigenvalue weighted by atomic mass is 35.5. The molecule has 1 saturated heterocycles. The van der Waals surface area contributed by atoms with Gasteiger partial charge in [-0.05, 0) is 29.8 Å². The summed E-state index contributed by atoms with van der Waals surface area (Å²) < 4.78 is 45.3. The molecule has 1 N–H and O–H groups in total. The van der Waals surface area contributed by atoms with Crippen molar-refractivity contribution in [2.24, 2.45) is 0 Å². The number of hydrogen-bond acceptors (Lipinski definition) is 6. The van der Waals surface area contributed by atoms with Crippen molar-refractivity contribution in [1.29, 1.82) is 0 Å². The van der Waals surface area contributed by atoms with Gasteiger partial charge in [-0.3, -0.25) is 9.59 Å². The lowest BCUT2D eigenvalue weighted by atomic mass is 10.0. The molecular weight excluding hydrogens is 439 g/mol. The topological polar surface area (TPSA) is 97.3 Å². The van der Waals surface area contributed by atoms with E-state index in [-0.39, 0.29) is 34.3 Å². The van der Waals surface area contributed by atoms with Gasteiger partial charge in [0.05, 0.1) is 24.5 Å². The van der Waals surface area contributed by atoms with Crippen molar-refractivity contribution >= 4 is 23.4 Å². The van der Waals surface area contributed by atoms with Gasteiger partial charge in [-0.25, -0.2) is 15.0 Å². The summed E-state index contributed by atoms with van der Waals surface area (Å²) in [6.45, 7) is 2.55. The molecule has 2 amide bonds. The number of nitrogens with zero attached hydrogens (tertiary/aromatic N) is 4. The van der Waals surface area contributed by atoms with Crippen LogP contribution in [-0.4, -0.2) is 64.1 Å². The quantitative estimate of drug-likeness (QED) is 0.562. The number of aromatic nitrogens is 3. The van der Waals surface area contributed by atoms with Gasteiger partial charge in [-0.1, -0.05) is 18.2 Å². The molecule has 2 aromatic rings. The van der Waals surface area contributed by atoms with Gasteiger partial charge in [0.25, 0.3) is 5.91 Å². The molecule has 8 nitrogen and oxygen atoms in total. The monoisotopic (exact) mass is 455 g/mol. The Kier molecular flexibility index (Phi) is 6.56. The number of carbonyl (C=O) groups is 2. The molecule has 2 aromatic heterocycles. The first kappa shape index (κ1) is 22.6. The molecule has 2 unspecified atom stereocenters. The standard InChI is InChI=1S/C19H17ClF3N5O3/c1-3-17(29)28-7-14(31-15(8-28)19(21,22)23)10-4-12(27-16(20)5-10)11-6-13(18(30)24-2)26-9-25-11/h3-6,9,14-15H,1,7-8H2,2H3,(H,24,30). The van der Waals surface area contributed by atoms with Gasteiger partial charge < -0.3 is 15.0 Å². The van der Waals surface area contributed by atoms with Crippen LogP contribution in [-0.2, 0) is 9.53 Å². The van der Waals surface area contributed by atoms with Crippen molar-refractivity contribution in [3.05, 3.63) is 53.6 Å². The van der Waals surface area contributed by atoms with E-state index in [1.165, 1.54) is 25.2 Å². The van der Waals surface area contributed by atoms with Crippen LogP contribution in [0.5, 0.6) is 0 Å². The van der Waals surface area contributed by atoms with Crippen molar-refractivity contribution < 1.29 is 27.5 Å². The molecule has 1 fully saturated rings. The Bertz CT molecular complexity index is 1020. The Labute approximate surface area is 180 Å². The zero-order valence-electron chi connectivity index (χ0n) is 16.2. The smallest absolute Gasteiger partial charge is 0.357 e.